The number of hydrogen-bond donors (Lipinski definition) is 2. The third-order valence-corrected chi connectivity index (χ3v) is 3.19. The van der Waals surface area contributed by atoms with Gasteiger partial charge in [0.25, 0.3) is 0 Å². The van der Waals surface area contributed by atoms with Crippen molar-refractivity contribution in [2.24, 2.45) is 0 Å². The molecule has 1 aliphatic heterocycles. The summed E-state index contributed by atoms with van der Waals surface area (Å²) in [6.45, 7) is 4.85. The Hall–Kier alpha value is -1.10. The van der Waals surface area contributed by atoms with Gasteiger partial charge in [-0.15, -0.1) is 0 Å². The lowest BCUT2D eigenvalue weighted by Crippen LogP contribution is -2.42. The lowest BCUT2D eigenvalue weighted by atomic mass is 10.1. The molecule has 1 heterocycles. The molecule has 4 nitrogen and oxygen atoms in total. The molecule has 0 amide bonds. The van der Waals surface area contributed by atoms with E-state index in [-0.39, 0.29) is 5.56 Å². The highest BCUT2D eigenvalue weighted by Gasteiger charge is 2.12. The Balaban J connectivity index is 2.06. The Bertz CT molecular complexity index is 417. The number of rotatable bonds is 3. The molecule has 0 saturated carbocycles. The predicted molar refractivity (Wildman–Crippen MR) is 66.6 cm³/mol. The topological polar surface area (TPSA) is 52.6 Å². The van der Waals surface area contributed by atoms with Crippen molar-refractivity contribution in [2.45, 2.75) is 6.54 Å². The van der Waals surface area contributed by atoms with Gasteiger partial charge in [0, 0.05) is 32.7 Å². The van der Waals surface area contributed by atoms with Crippen molar-refractivity contribution >= 4 is 17.6 Å². The zero-order valence-electron chi connectivity index (χ0n) is 9.45. The van der Waals surface area contributed by atoms with E-state index in [2.05, 4.69) is 10.2 Å². The molecule has 1 aromatic carbocycles. The first-order valence-corrected chi connectivity index (χ1v) is 5.99. The minimum atomic E-state index is -0.983. The van der Waals surface area contributed by atoms with E-state index in [1.54, 1.807) is 12.1 Å². The van der Waals surface area contributed by atoms with E-state index in [4.69, 9.17) is 16.7 Å². The molecule has 17 heavy (non-hydrogen) atoms. The molecule has 0 spiro atoms. The Kier molecular flexibility index (Phi) is 3.99. The number of nitrogens with zero attached hydrogens (tertiary/aromatic N) is 1. The van der Waals surface area contributed by atoms with Crippen LogP contribution in [0.2, 0.25) is 5.02 Å². The van der Waals surface area contributed by atoms with Crippen LogP contribution in [0.15, 0.2) is 18.2 Å². The average molecular weight is 255 g/mol. The van der Waals surface area contributed by atoms with Crippen LogP contribution in [0.3, 0.4) is 0 Å². The molecule has 0 bridgehead atoms. The minimum absolute atomic E-state index is 0.163. The third kappa shape index (κ3) is 3.19. The van der Waals surface area contributed by atoms with E-state index in [9.17, 15) is 4.79 Å². The molecule has 2 rings (SSSR count). The lowest BCUT2D eigenvalue weighted by molar-refractivity contribution is 0.0697. The third-order valence-electron chi connectivity index (χ3n) is 2.88. The van der Waals surface area contributed by atoms with Crippen LogP contribution in [-0.2, 0) is 6.54 Å². The molecule has 0 unspecified atom stereocenters. The summed E-state index contributed by atoms with van der Waals surface area (Å²) < 4.78 is 0. The molecule has 1 aliphatic rings. The van der Waals surface area contributed by atoms with Crippen LogP contribution < -0.4 is 5.32 Å². The molecule has 5 heteroatoms. The number of aromatic carboxylic acids is 1. The number of carboxylic acids is 1. The van der Waals surface area contributed by atoms with Gasteiger partial charge in [0.2, 0.25) is 0 Å². The van der Waals surface area contributed by atoms with Crippen molar-refractivity contribution in [3.8, 4) is 0 Å². The summed E-state index contributed by atoms with van der Waals surface area (Å²) in [5, 5.41) is 12.5. The van der Waals surface area contributed by atoms with Crippen molar-refractivity contribution in [1.29, 1.82) is 0 Å². The highest BCUT2D eigenvalue weighted by atomic mass is 35.5. The molecule has 92 valence electrons. The van der Waals surface area contributed by atoms with Gasteiger partial charge in [-0.1, -0.05) is 17.7 Å². The number of nitrogens with one attached hydrogen (secondary N) is 1. The van der Waals surface area contributed by atoms with Gasteiger partial charge in [-0.05, 0) is 17.7 Å². The number of carboxylic acid groups (broad SMARTS) is 1. The van der Waals surface area contributed by atoms with Crippen LogP contribution in [-0.4, -0.2) is 42.2 Å². The summed E-state index contributed by atoms with van der Waals surface area (Å²) in [6, 6.07) is 5.15. The molecule has 0 aromatic heterocycles. The van der Waals surface area contributed by atoms with Gasteiger partial charge in [-0.25, -0.2) is 4.79 Å². The molecule has 1 aromatic rings. The van der Waals surface area contributed by atoms with E-state index < -0.39 is 5.97 Å². The maximum Gasteiger partial charge on any atom is 0.337 e. The van der Waals surface area contributed by atoms with Gasteiger partial charge >= 0.3 is 5.97 Å². The average Bonchev–Trinajstić information content (AvgIpc) is 2.30. The van der Waals surface area contributed by atoms with Gasteiger partial charge in [0.15, 0.2) is 0 Å². The first-order valence-electron chi connectivity index (χ1n) is 5.61. The number of benzene rings is 1. The molecule has 0 atom stereocenters. The van der Waals surface area contributed by atoms with Crippen molar-refractivity contribution in [3.63, 3.8) is 0 Å². The van der Waals surface area contributed by atoms with Crippen molar-refractivity contribution in [1.82, 2.24) is 10.2 Å². The second kappa shape index (κ2) is 5.49. The fraction of sp³-hybridized carbons (Fsp3) is 0.417. The Labute approximate surface area is 105 Å². The van der Waals surface area contributed by atoms with Gasteiger partial charge in [-0.3, -0.25) is 4.90 Å². The van der Waals surface area contributed by atoms with Gasteiger partial charge in [-0.2, -0.15) is 0 Å². The van der Waals surface area contributed by atoms with Gasteiger partial charge in [0.05, 0.1) is 10.6 Å². The Morgan fingerprint density at radius 1 is 1.41 bits per heavy atom. The molecule has 0 aliphatic carbocycles. The van der Waals surface area contributed by atoms with E-state index in [1.165, 1.54) is 0 Å². The summed E-state index contributed by atoms with van der Waals surface area (Å²) in [5.41, 5.74) is 1.22. The first-order chi connectivity index (χ1) is 8.16. The normalized spacial score (nSPS) is 17.0. The van der Waals surface area contributed by atoms with Crippen LogP contribution in [0.4, 0.5) is 0 Å². The summed E-state index contributed by atoms with van der Waals surface area (Å²) in [4.78, 5) is 13.1. The van der Waals surface area contributed by atoms with Gasteiger partial charge < -0.3 is 10.4 Å². The fourth-order valence-electron chi connectivity index (χ4n) is 1.96. The summed E-state index contributed by atoms with van der Waals surface area (Å²) in [7, 11) is 0. The van der Waals surface area contributed by atoms with Crippen molar-refractivity contribution in [2.75, 3.05) is 26.2 Å². The first kappa shape index (κ1) is 12.4. The number of piperazine rings is 1. The fourth-order valence-corrected chi connectivity index (χ4v) is 2.24. The standard InChI is InChI=1S/C12H15ClN2O2/c13-11-7-9(1-2-10(11)12(16)17)8-15-5-3-14-4-6-15/h1-2,7,14H,3-6,8H2,(H,16,17). The second-order valence-electron chi connectivity index (χ2n) is 4.15. The van der Waals surface area contributed by atoms with E-state index in [1.807, 2.05) is 6.07 Å². The predicted octanol–water partition coefficient (Wildman–Crippen LogP) is 1.44. The second-order valence-corrected chi connectivity index (χ2v) is 4.55. The molecule has 1 saturated heterocycles. The minimum Gasteiger partial charge on any atom is -0.478 e. The highest BCUT2D eigenvalue weighted by molar-refractivity contribution is 6.33. The van der Waals surface area contributed by atoms with Crippen LogP contribution >= 0.6 is 11.6 Å². The number of carbonyl (C=O) groups is 1. The summed E-state index contributed by atoms with van der Waals surface area (Å²) in [5.74, 6) is -0.983. The quantitative estimate of drug-likeness (QED) is 0.857. The highest BCUT2D eigenvalue weighted by Crippen LogP contribution is 2.19. The van der Waals surface area contributed by atoms with Crippen LogP contribution in [0.25, 0.3) is 0 Å². The summed E-state index contributed by atoms with van der Waals surface area (Å²) >= 11 is 5.93. The molecular weight excluding hydrogens is 240 g/mol. The molecule has 1 fully saturated rings. The molecule has 2 N–H and O–H groups in total. The number of halogens is 1. The van der Waals surface area contributed by atoms with Crippen molar-refractivity contribution in [3.05, 3.63) is 34.3 Å². The maximum absolute atomic E-state index is 10.8. The largest absolute Gasteiger partial charge is 0.478 e. The van der Waals surface area contributed by atoms with Crippen molar-refractivity contribution < 1.29 is 9.90 Å². The van der Waals surface area contributed by atoms with Crippen LogP contribution in [0.1, 0.15) is 15.9 Å². The maximum atomic E-state index is 10.8. The smallest absolute Gasteiger partial charge is 0.337 e. The van der Waals surface area contributed by atoms with Crippen LogP contribution in [0.5, 0.6) is 0 Å². The lowest BCUT2D eigenvalue weighted by Gasteiger charge is -2.27. The Morgan fingerprint density at radius 2 is 2.12 bits per heavy atom. The number of hydrogen-bond acceptors (Lipinski definition) is 3. The van der Waals surface area contributed by atoms with E-state index >= 15 is 0 Å². The SMILES string of the molecule is O=C(O)c1ccc(CN2CCNCC2)cc1Cl. The zero-order valence-corrected chi connectivity index (χ0v) is 10.2. The molecule has 0 radical (unpaired) electrons. The summed E-state index contributed by atoms with van der Waals surface area (Å²) in [6.07, 6.45) is 0. The van der Waals surface area contributed by atoms with Gasteiger partial charge in [0.1, 0.15) is 0 Å². The monoisotopic (exact) mass is 254 g/mol. The van der Waals surface area contributed by atoms with E-state index in [0.29, 0.717) is 5.02 Å². The van der Waals surface area contributed by atoms with Crippen LogP contribution in [0, 0.1) is 0 Å². The zero-order chi connectivity index (χ0) is 12.3. The molecular formula is C12H15ClN2O2. The Morgan fingerprint density at radius 3 is 2.71 bits per heavy atom. The van der Waals surface area contributed by atoms with E-state index in [0.717, 1.165) is 38.3 Å².